The molecule has 0 amide bonds. The van der Waals surface area contributed by atoms with E-state index in [0.29, 0.717) is 18.1 Å². The van der Waals surface area contributed by atoms with Crippen molar-refractivity contribution in [3.05, 3.63) is 76.9 Å². The predicted octanol–water partition coefficient (Wildman–Crippen LogP) is 0.417. The number of anilines is 1. The van der Waals surface area contributed by atoms with Gasteiger partial charge in [0.15, 0.2) is 12.7 Å². The van der Waals surface area contributed by atoms with Crippen molar-refractivity contribution in [3.63, 3.8) is 0 Å². The van der Waals surface area contributed by atoms with Gasteiger partial charge >= 0.3 is 0 Å². The summed E-state index contributed by atoms with van der Waals surface area (Å²) in [5.74, 6) is 0.793. The molecule has 172 valence electrons. The fraction of sp³-hybridized carbons (Fsp3) is 0.227. The molecular formula is C22H20Cl2N4O2S3. The lowest BCUT2D eigenvalue weighted by Gasteiger charge is -2.12. The van der Waals surface area contributed by atoms with Gasteiger partial charge in [-0.15, -0.1) is 11.3 Å². The summed E-state index contributed by atoms with van der Waals surface area (Å²) in [5, 5.41) is 8.82. The van der Waals surface area contributed by atoms with Gasteiger partial charge in [0, 0.05) is 29.6 Å². The van der Waals surface area contributed by atoms with Crippen molar-refractivity contribution in [1.29, 1.82) is 0 Å². The molecule has 1 aliphatic heterocycles. The Bertz CT molecular complexity index is 1500. The minimum atomic E-state index is 0. The molecule has 0 N–H and O–H groups in total. The molecule has 33 heavy (non-hydrogen) atoms. The highest BCUT2D eigenvalue weighted by atomic mass is 35.5. The Labute approximate surface area is 213 Å². The molecule has 1 aromatic carbocycles. The molecule has 5 rings (SSSR count). The second-order valence-electron chi connectivity index (χ2n) is 7.34. The van der Waals surface area contributed by atoms with Crippen LogP contribution in [0.15, 0.2) is 50.1 Å². The molecule has 0 atom stereocenters. The standard InChI is InChI=1S/C22H20ClN4O2S3.ClH/c1-4-27-19(11-18-26(7-8-30-18)12-15-9-13(2)29-24-15)32-20(21(27)28)22-25(3)16-6-5-14(23)10-17(16)31-22;/h5-11H,4,12H2,1-3H3;1H/q+1;/p-1/b22-20+;. The third kappa shape index (κ3) is 4.52. The fourth-order valence-corrected chi connectivity index (χ4v) is 7.22. The summed E-state index contributed by atoms with van der Waals surface area (Å²) in [4.78, 5) is 16.5. The van der Waals surface area contributed by atoms with E-state index in [9.17, 15) is 4.79 Å². The van der Waals surface area contributed by atoms with E-state index >= 15 is 0 Å². The van der Waals surface area contributed by atoms with Crippen molar-refractivity contribution in [3.8, 4) is 0 Å². The van der Waals surface area contributed by atoms with Crippen LogP contribution in [0.1, 0.15) is 23.4 Å². The zero-order valence-electron chi connectivity index (χ0n) is 18.0. The topological polar surface area (TPSA) is 55.2 Å². The number of hydrogen-bond acceptors (Lipinski definition) is 7. The van der Waals surface area contributed by atoms with Gasteiger partial charge in [-0.3, -0.25) is 9.36 Å². The number of thiazole rings is 2. The second-order valence-corrected chi connectivity index (χ2v) is 10.8. The van der Waals surface area contributed by atoms with E-state index in [1.807, 2.05) is 61.3 Å². The van der Waals surface area contributed by atoms with Gasteiger partial charge in [0.25, 0.3) is 10.6 Å². The van der Waals surface area contributed by atoms with Gasteiger partial charge in [-0.2, -0.15) is 4.57 Å². The molecule has 4 heterocycles. The van der Waals surface area contributed by atoms with Crippen molar-refractivity contribution in [2.75, 3.05) is 11.9 Å². The minimum absolute atomic E-state index is 0. The molecule has 0 aliphatic carbocycles. The van der Waals surface area contributed by atoms with Gasteiger partial charge in [0.05, 0.1) is 17.1 Å². The summed E-state index contributed by atoms with van der Waals surface area (Å²) in [6, 6.07) is 7.76. The normalized spacial score (nSPS) is 15.2. The molecule has 6 nitrogen and oxygen atoms in total. The number of benzene rings is 1. The summed E-state index contributed by atoms with van der Waals surface area (Å²) in [5.41, 5.74) is 1.97. The summed E-state index contributed by atoms with van der Waals surface area (Å²) >= 11 is 10.9. The average molecular weight is 540 g/mol. The van der Waals surface area contributed by atoms with Crippen LogP contribution in [-0.4, -0.2) is 16.8 Å². The maximum atomic E-state index is 13.3. The number of fused-ring (bicyclic) bond motifs is 1. The molecule has 11 heteroatoms. The Morgan fingerprint density at radius 3 is 2.85 bits per heavy atom. The molecule has 0 spiro atoms. The van der Waals surface area contributed by atoms with E-state index in [4.69, 9.17) is 16.1 Å². The first-order valence-electron chi connectivity index (χ1n) is 10.0. The van der Waals surface area contributed by atoms with Gasteiger partial charge in [0.2, 0.25) is 0 Å². The Balaban J connectivity index is 0.00000259. The van der Waals surface area contributed by atoms with Crippen molar-refractivity contribution in [2.24, 2.45) is 0 Å². The zero-order valence-corrected chi connectivity index (χ0v) is 22.0. The molecule has 0 bridgehead atoms. The van der Waals surface area contributed by atoms with E-state index in [2.05, 4.69) is 20.7 Å². The molecule has 0 fully saturated rings. The van der Waals surface area contributed by atoms with E-state index in [1.54, 1.807) is 23.1 Å². The van der Waals surface area contributed by atoms with Crippen LogP contribution in [0.4, 0.5) is 5.69 Å². The molecule has 4 aromatic rings. The summed E-state index contributed by atoms with van der Waals surface area (Å²) < 4.78 is 10.8. The van der Waals surface area contributed by atoms with Crippen LogP contribution in [-0.2, 0) is 13.1 Å². The Morgan fingerprint density at radius 1 is 1.30 bits per heavy atom. The third-order valence-corrected chi connectivity index (χ3v) is 8.74. The minimum Gasteiger partial charge on any atom is -1.00 e. The van der Waals surface area contributed by atoms with Crippen LogP contribution in [0.2, 0.25) is 5.02 Å². The lowest BCUT2D eigenvalue weighted by atomic mass is 10.3. The monoisotopic (exact) mass is 538 g/mol. The Morgan fingerprint density at radius 2 is 2.12 bits per heavy atom. The molecular weight excluding hydrogens is 519 g/mol. The van der Waals surface area contributed by atoms with Crippen LogP contribution in [0.5, 0.6) is 0 Å². The Hall–Kier alpha value is -2.04. The predicted molar refractivity (Wildman–Crippen MR) is 131 cm³/mol. The quantitative estimate of drug-likeness (QED) is 0.352. The van der Waals surface area contributed by atoms with E-state index in [1.165, 1.54) is 11.3 Å². The molecule has 0 radical (unpaired) electrons. The van der Waals surface area contributed by atoms with Crippen molar-refractivity contribution in [1.82, 2.24) is 9.72 Å². The maximum absolute atomic E-state index is 13.3. The molecule has 0 saturated carbocycles. The van der Waals surface area contributed by atoms with Crippen LogP contribution < -0.4 is 36.6 Å². The van der Waals surface area contributed by atoms with E-state index in [-0.39, 0.29) is 18.0 Å². The van der Waals surface area contributed by atoms with E-state index in [0.717, 1.165) is 41.3 Å². The van der Waals surface area contributed by atoms with Gasteiger partial charge in [-0.1, -0.05) is 39.9 Å². The maximum Gasteiger partial charge on any atom is 0.271 e. The number of halogens is 2. The van der Waals surface area contributed by atoms with Crippen molar-refractivity contribution < 1.29 is 21.5 Å². The Kier molecular flexibility index (Phi) is 7.07. The highest BCUT2D eigenvalue weighted by Gasteiger charge is 2.25. The van der Waals surface area contributed by atoms with Crippen LogP contribution in [0.25, 0.3) is 11.1 Å². The van der Waals surface area contributed by atoms with Crippen LogP contribution in [0, 0.1) is 6.92 Å². The van der Waals surface area contributed by atoms with Gasteiger partial charge in [-0.25, -0.2) is 0 Å². The van der Waals surface area contributed by atoms with E-state index < -0.39 is 0 Å². The highest BCUT2D eigenvalue weighted by molar-refractivity contribution is 8.08. The van der Waals surface area contributed by atoms with Crippen molar-refractivity contribution >= 4 is 62.8 Å². The summed E-state index contributed by atoms with van der Waals surface area (Å²) in [6.45, 7) is 5.11. The van der Waals surface area contributed by atoms with Gasteiger partial charge in [0.1, 0.15) is 25.7 Å². The lowest BCUT2D eigenvalue weighted by Crippen LogP contribution is -3.00. The largest absolute Gasteiger partial charge is 1.00 e. The average Bonchev–Trinajstić information content (AvgIpc) is 3.51. The number of aromatic nitrogens is 3. The first-order chi connectivity index (χ1) is 15.4. The van der Waals surface area contributed by atoms with Gasteiger partial charge < -0.3 is 21.8 Å². The smallest absolute Gasteiger partial charge is 0.271 e. The lowest BCUT2D eigenvalue weighted by molar-refractivity contribution is -0.685. The number of thioether (sulfide) groups is 1. The zero-order chi connectivity index (χ0) is 22.4. The fourth-order valence-electron chi connectivity index (χ4n) is 3.63. The SMILES string of the molecule is CCn1c(=O)/c(=C2\Sc3cc(Cl)ccc3N2C)s/c1=C\c1scc[n+]1Cc1cc(C)on1.[Cl-]. The summed E-state index contributed by atoms with van der Waals surface area (Å²) in [7, 11) is 1.99. The molecule has 3 aromatic heterocycles. The highest BCUT2D eigenvalue weighted by Crippen LogP contribution is 2.46. The number of hydrogen-bond donors (Lipinski definition) is 0. The molecule has 1 aliphatic rings. The third-order valence-electron chi connectivity index (χ3n) is 5.19. The number of rotatable bonds is 4. The number of nitrogens with zero attached hydrogens (tertiary/aromatic N) is 4. The first kappa shape index (κ1) is 24.1. The molecule has 0 unspecified atom stereocenters. The first-order valence-corrected chi connectivity index (χ1v) is 12.9. The van der Waals surface area contributed by atoms with Crippen LogP contribution >= 0.6 is 46.0 Å². The second kappa shape index (κ2) is 9.68. The molecule has 0 saturated heterocycles. The van der Waals surface area contributed by atoms with Crippen molar-refractivity contribution in [2.45, 2.75) is 31.8 Å². The van der Waals surface area contributed by atoms with Gasteiger partial charge in [-0.05, 0) is 32.0 Å². The van der Waals surface area contributed by atoms with Crippen LogP contribution in [0.3, 0.4) is 0 Å². The number of aryl methyl sites for hydroxylation is 1. The summed E-state index contributed by atoms with van der Waals surface area (Å²) in [6.07, 6.45) is 4.11.